The molecule has 19 heavy (non-hydrogen) atoms. The maximum Gasteiger partial charge on any atom is 0.347 e. The van der Waals surface area contributed by atoms with E-state index in [4.69, 9.17) is 5.11 Å². The number of carboxylic acid groups (broad SMARTS) is 1. The Balaban J connectivity index is 2.01. The van der Waals surface area contributed by atoms with Crippen molar-refractivity contribution < 1.29 is 9.90 Å². The molecule has 0 bridgehead atoms. The number of benzene rings is 1. The Morgan fingerprint density at radius 1 is 1.32 bits per heavy atom. The molecule has 0 saturated heterocycles. The highest BCUT2D eigenvalue weighted by molar-refractivity contribution is 8.00. The zero-order chi connectivity index (χ0) is 13.8. The molecule has 2 rings (SSSR count). The van der Waals surface area contributed by atoms with Crippen LogP contribution in [-0.2, 0) is 12.2 Å². The number of carbonyl (C=O) groups is 1. The fourth-order valence-electron chi connectivity index (χ4n) is 1.65. The molecule has 0 radical (unpaired) electrons. The van der Waals surface area contributed by atoms with Crippen molar-refractivity contribution in [1.82, 2.24) is 4.98 Å². The first-order valence-electron chi connectivity index (χ1n) is 6.01. The van der Waals surface area contributed by atoms with Crippen LogP contribution in [0.2, 0.25) is 0 Å². The van der Waals surface area contributed by atoms with Crippen LogP contribution in [0.15, 0.2) is 28.6 Å². The van der Waals surface area contributed by atoms with Gasteiger partial charge in [-0.05, 0) is 24.5 Å². The summed E-state index contributed by atoms with van der Waals surface area (Å²) < 4.78 is 0.814. The van der Waals surface area contributed by atoms with Crippen LogP contribution in [0.3, 0.4) is 0 Å². The van der Waals surface area contributed by atoms with E-state index >= 15 is 0 Å². The minimum absolute atomic E-state index is 0.337. The third kappa shape index (κ3) is 3.58. The van der Waals surface area contributed by atoms with Gasteiger partial charge >= 0.3 is 5.97 Å². The highest BCUT2D eigenvalue weighted by atomic mass is 32.2. The molecule has 3 nitrogen and oxygen atoms in total. The van der Waals surface area contributed by atoms with Gasteiger partial charge in [0.25, 0.3) is 0 Å². The summed E-state index contributed by atoms with van der Waals surface area (Å²) in [5, 5.41) is 8.98. The van der Waals surface area contributed by atoms with E-state index in [1.54, 1.807) is 18.7 Å². The van der Waals surface area contributed by atoms with Gasteiger partial charge in [-0.2, -0.15) is 0 Å². The summed E-state index contributed by atoms with van der Waals surface area (Å²) in [6.07, 6.45) is 1.04. The first kappa shape index (κ1) is 14.1. The molecule has 1 heterocycles. The van der Waals surface area contributed by atoms with Crippen molar-refractivity contribution >= 4 is 29.1 Å². The molecule has 100 valence electrons. The van der Waals surface area contributed by atoms with Crippen molar-refractivity contribution in [3.8, 4) is 0 Å². The lowest BCUT2D eigenvalue weighted by molar-refractivity contribution is 0.0701. The van der Waals surface area contributed by atoms with E-state index in [-0.39, 0.29) is 0 Å². The molecule has 1 N–H and O–H groups in total. The number of thiazole rings is 1. The maximum atomic E-state index is 10.9. The Kier molecular flexibility index (Phi) is 4.61. The van der Waals surface area contributed by atoms with E-state index in [0.717, 1.165) is 16.5 Å². The number of nitrogens with zero attached hydrogens (tertiary/aromatic N) is 1. The predicted molar refractivity (Wildman–Crippen MR) is 79.2 cm³/mol. The molecule has 0 aliphatic heterocycles. The van der Waals surface area contributed by atoms with Crippen LogP contribution in [-0.4, -0.2) is 16.1 Å². The summed E-state index contributed by atoms with van der Waals surface area (Å²) in [5.74, 6) is -0.0788. The number of rotatable bonds is 5. The molecular formula is C14H15NO2S2. The lowest BCUT2D eigenvalue weighted by atomic mass is 10.1. The molecule has 0 saturated carbocycles. The van der Waals surface area contributed by atoms with Crippen molar-refractivity contribution in [2.75, 3.05) is 0 Å². The summed E-state index contributed by atoms with van der Waals surface area (Å²) in [6, 6.07) is 8.49. The average molecular weight is 293 g/mol. The SMILES string of the molecule is CCc1ccc(CSc2nc(C)c(C(=O)O)s2)cc1. The fourth-order valence-corrected chi connectivity index (χ4v) is 3.63. The zero-order valence-electron chi connectivity index (χ0n) is 10.8. The lowest BCUT2D eigenvalue weighted by Gasteiger charge is -2.00. The Labute approximate surface area is 120 Å². The summed E-state index contributed by atoms with van der Waals surface area (Å²) >= 11 is 2.83. The summed E-state index contributed by atoms with van der Waals surface area (Å²) in [6.45, 7) is 3.87. The van der Waals surface area contributed by atoms with Gasteiger partial charge in [0, 0.05) is 5.75 Å². The quantitative estimate of drug-likeness (QED) is 0.846. The smallest absolute Gasteiger partial charge is 0.347 e. The van der Waals surface area contributed by atoms with Crippen LogP contribution >= 0.6 is 23.1 Å². The minimum Gasteiger partial charge on any atom is -0.477 e. The first-order chi connectivity index (χ1) is 9.10. The van der Waals surface area contributed by atoms with E-state index in [1.807, 2.05) is 0 Å². The van der Waals surface area contributed by atoms with Crippen LogP contribution in [0, 0.1) is 6.92 Å². The van der Waals surface area contributed by atoms with E-state index < -0.39 is 5.97 Å². The van der Waals surface area contributed by atoms with Crippen molar-refractivity contribution in [1.29, 1.82) is 0 Å². The lowest BCUT2D eigenvalue weighted by Crippen LogP contribution is -1.94. The van der Waals surface area contributed by atoms with Crippen LogP contribution in [0.5, 0.6) is 0 Å². The fraction of sp³-hybridized carbons (Fsp3) is 0.286. The van der Waals surface area contributed by atoms with Crippen molar-refractivity contribution in [2.24, 2.45) is 0 Å². The number of hydrogen-bond donors (Lipinski definition) is 1. The molecule has 5 heteroatoms. The predicted octanol–water partition coefficient (Wildman–Crippen LogP) is 4.00. The molecule has 0 fully saturated rings. The van der Waals surface area contributed by atoms with Gasteiger partial charge in [0.2, 0.25) is 0 Å². The second kappa shape index (κ2) is 6.21. The van der Waals surface area contributed by atoms with Gasteiger partial charge < -0.3 is 5.11 Å². The number of aromatic nitrogens is 1. The van der Waals surface area contributed by atoms with Crippen LogP contribution in [0.1, 0.15) is 33.4 Å². The number of carboxylic acids is 1. The number of aromatic carboxylic acids is 1. The van der Waals surface area contributed by atoms with Crippen molar-refractivity contribution in [3.05, 3.63) is 46.0 Å². The van der Waals surface area contributed by atoms with E-state index in [2.05, 4.69) is 36.2 Å². The zero-order valence-corrected chi connectivity index (χ0v) is 12.5. The highest BCUT2D eigenvalue weighted by Gasteiger charge is 2.14. The maximum absolute atomic E-state index is 10.9. The van der Waals surface area contributed by atoms with Crippen molar-refractivity contribution in [3.63, 3.8) is 0 Å². The molecule has 0 unspecified atom stereocenters. The second-order valence-electron chi connectivity index (χ2n) is 4.16. The summed E-state index contributed by atoms with van der Waals surface area (Å²) in [7, 11) is 0. The van der Waals surface area contributed by atoms with E-state index in [9.17, 15) is 4.79 Å². The summed E-state index contributed by atoms with van der Waals surface area (Å²) in [5.41, 5.74) is 3.15. The number of hydrogen-bond acceptors (Lipinski definition) is 4. The topological polar surface area (TPSA) is 50.2 Å². The van der Waals surface area contributed by atoms with Gasteiger partial charge in [0.1, 0.15) is 4.88 Å². The number of aryl methyl sites for hydroxylation is 2. The molecule has 1 aromatic heterocycles. The average Bonchev–Trinajstić information content (AvgIpc) is 2.78. The van der Waals surface area contributed by atoms with Crippen LogP contribution in [0.4, 0.5) is 0 Å². The summed E-state index contributed by atoms with van der Waals surface area (Å²) in [4.78, 5) is 15.6. The third-order valence-corrected chi connectivity index (χ3v) is 5.12. The molecule has 1 aromatic carbocycles. The van der Waals surface area contributed by atoms with Gasteiger partial charge in [-0.3, -0.25) is 0 Å². The first-order valence-corrected chi connectivity index (χ1v) is 7.81. The van der Waals surface area contributed by atoms with Gasteiger partial charge in [0.15, 0.2) is 4.34 Å². The van der Waals surface area contributed by atoms with Gasteiger partial charge in [-0.15, -0.1) is 11.3 Å². The van der Waals surface area contributed by atoms with Gasteiger partial charge in [0.05, 0.1) is 5.69 Å². The molecule has 0 atom stereocenters. The Bertz CT molecular complexity index is 576. The number of thioether (sulfide) groups is 1. The molecule has 0 amide bonds. The minimum atomic E-state index is -0.894. The monoisotopic (exact) mass is 293 g/mol. The largest absolute Gasteiger partial charge is 0.477 e. The third-order valence-electron chi connectivity index (χ3n) is 2.76. The van der Waals surface area contributed by atoms with E-state index in [0.29, 0.717) is 10.6 Å². The molecule has 0 spiro atoms. The van der Waals surface area contributed by atoms with Gasteiger partial charge in [-0.25, -0.2) is 9.78 Å². The Morgan fingerprint density at radius 2 is 1.95 bits per heavy atom. The van der Waals surface area contributed by atoms with Gasteiger partial charge in [-0.1, -0.05) is 43.0 Å². The van der Waals surface area contributed by atoms with E-state index in [1.165, 1.54) is 22.5 Å². The van der Waals surface area contributed by atoms with Crippen LogP contribution in [0.25, 0.3) is 0 Å². The highest BCUT2D eigenvalue weighted by Crippen LogP contribution is 2.29. The molecule has 2 aromatic rings. The molecule has 0 aliphatic rings. The molecule has 0 aliphatic carbocycles. The Hall–Kier alpha value is -1.33. The Morgan fingerprint density at radius 3 is 2.47 bits per heavy atom. The van der Waals surface area contributed by atoms with Crippen molar-refractivity contribution in [2.45, 2.75) is 30.4 Å². The second-order valence-corrected chi connectivity index (χ2v) is 6.38. The molecular weight excluding hydrogens is 278 g/mol. The normalized spacial score (nSPS) is 10.6. The standard InChI is InChI=1S/C14H15NO2S2/c1-3-10-4-6-11(7-5-10)8-18-14-15-9(2)12(19-14)13(16)17/h4-7H,3,8H2,1-2H3,(H,16,17). The van der Waals surface area contributed by atoms with Crippen LogP contribution < -0.4 is 0 Å².